The Morgan fingerprint density at radius 1 is 1.26 bits per heavy atom. The van der Waals surface area contributed by atoms with Gasteiger partial charge in [-0.15, -0.1) is 0 Å². The van der Waals surface area contributed by atoms with Crippen LogP contribution in [-0.2, 0) is 26.2 Å². The van der Waals surface area contributed by atoms with E-state index in [0.29, 0.717) is 29.3 Å². The Bertz CT molecular complexity index is 903. The van der Waals surface area contributed by atoms with Crippen molar-refractivity contribution in [3.8, 4) is 11.1 Å². The molecule has 0 saturated carbocycles. The van der Waals surface area contributed by atoms with Crippen LogP contribution in [-0.4, -0.2) is 27.2 Å². The first-order valence-corrected chi connectivity index (χ1v) is 10.9. The Morgan fingerprint density at radius 2 is 1.89 bits per heavy atom. The number of carbonyl (C=O) groups is 1. The fourth-order valence-corrected chi connectivity index (χ4v) is 3.72. The van der Waals surface area contributed by atoms with Crippen LogP contribution in [0.2, 0.25) is 5.02 Å². The number of carbonyl (C=O) groups excluding carboxylic acids is 1. The predicted molar refractivity (Wildman–Crippen MR) is 106 cm³/mol. The lowest BCUT2D eigenvalue weighted by Gasteiger charge is -2.21. The number of hydrogen-bond acceptors (Lipinski definition) is 5. The number of unbranched alkanes of at least 4 members (excludes halogenated alkanes) is 1. The monoisotopic (exact) mass is 413 g/mol. The van der Waals surface area contributed by atoms with Crippen LogP contribution in [0.25, 0.3) is 11.1 Å². The second-order valence-corrected chi connectivity index (χ2v) is 8.65. The molecule has 2 rings (SSSR count). The molecule has 8 heteroatoms. The van der Waals surface area contributed by atoms with Crippen molar-refractivity contribution in [1.29, 1.82) is 0 Å². The maximum absolute atomic E-state index is 12.4. The summed E-state index contributed by atoms with van der Waals surface area (Å²) < 4.78 is 37.1. The van der Waals surface area contributed by atoms with Gasteiger partial charge in [-0.1, -0.05) is 37.1 Å². The summed E-state index contributed by atoms with van der Waals surface area (Å²) in [7, 11) is -3.56. The van der Waals surface area contributed by atoms with Gasteiger partial charge in [0.2, 0.25) is 15.9 Å². The zero-order chi connectivity index (χ0) is 20.2. The average Bonchev–Trinajstić information content (AvgIpc) is 2.89. The lowest BCUT2D eigenvalue weighted by molar-refractivity contribution is -0.142. The molecule has 0 N–H and O–H groups in total. The van der Waals surface area contributed by atoms with Crippen molar-refractivity contribution in [2.45, 2.75) is 40.2 Å². The molecule has 0 atom stereocenters. The maximum atomic E-state index is 12.4. The molecule has 0 fully saturated rings. The molecule has 0 spiro atoms. The van der Waals surface area contributed by atoms with Crippen LogP contribution in [0, 0.1) is 6.92 Å². The molecule has 0 amide bonds. The van der Waals surface area contributed by atoms with E-state index in [9.17, 15) is 13.2 Å². The zero-order valence-corrected chi connectivity index (χ0v) is 17.5. The first-order chi connectivity index (χ1) is 12.6. The van der Waals surface area contributed by atoms with Crippen LogP contribution in [0.4, 0.5) is 5.88 Å². The fourth-order valence-electron chi connectivity index (χ4n) is 2.70. The molecule has 0 radical (unpaired) electrons. The number of furan rings is 1. The number of esters is 1. The number of anilines is 1. The highest BCUT2D eigenvalue weighted by Crippen LogP contribution is 2.40. The molecule has 0 aliphatic heterocycles. The van der Waals surface area contributed by atoms with E-state index in [1.54, 1.807) is 24.3 Å². The lowest BCUT2D eigenvalue weighted by Crippen LogP contribution is -2.30. The van der Waals surface area contributed by atoms with Gasteiger partial charge in [0.25, 0.3) is 0 Å². The number of hydrogen-bond donors (Lipinski definition) is 0. The molecule has 2 aromatic rings. The normalized spacial score (nSPS) is 11.4. The molecular formula is C19H24ClNO5S. The van der Waals surface area contributed by atoms with Crippen molar-refractivity contribution in [3.05, 3.63) is 40.6 Å². The van der Waals surface area contributed by atoms with E-state index < -0.39 is 16.0 Å². The second-order valence-electron chi connectivity index (χ2n) is 6.31. The minimum atomic E-state index is -3.56. The smallest absolute Gasteiger partial charge is 0.303 e. The Morgan fingerprint density at radius 3 is 2.41 bits per heavy atom. The first-order valence-electron chi connectivity index (χ1n) is 8.64. The van der Waals surface area contributed by atoms with Gasteiger partial charge in [0.1, 0.15) is 12.4 Å². The minimum Gasteiger partial charge on any atom is -0.458 e. The second kappa shape index (κ2) is 8.80. The summed E-state index contributed by atoms with van der Waals surface area (Å²) in [5, 5.41) is 0.576. The highest BCUT2D eigenvalue weighted by atomic mass is 35.5. The molecule has 0 aliphatic carbocycles. The highest BCUT2D eigenvalue weighted by Gasteiger charge is 2.28. The van der Waals surface area contributed by atoms with Crippen LogP contribution < -0.4 is 4.31 Å². The molecular weight excluding hydrogens is 390 g/mol. The van der Waals surface area contributed by atoms with Crippen molar-refractivity contribution >= 4 is 33.5 Å². The SMILES string of the molecule is CCCCN(c1oc(COC(C)=O)c(C)c1-c1ccc(Cl)cc1)S(C)(=O)=O. The summed E-state index contributed by atoms with van der Waals surface area (Å²) in [6, 6.07) is 7.07. The van der Waals surface area contributed by atoms with Gasteiger partial charge in [0.05, 0.1) is 6.26 Å². The molecule has 0 bridgehead atoms. The minimum absolute atomic E-state index is 0.0624. The zero-order valence-electron chi connectivity index (χ0n) is 15.9. The number of sulfonamides is 1. The molecule has 0 saturated heterocycles. The molecule has 148 valence electrons. The standard InChI is InChI=1S/C19H24ClNO5S/c1-5-6-11-21(27(4,23)24)19-18(15-7-9-16(20)10-8-15)13(2)17(26-19)12-25-14(3)22/h7-10H,5-6,11-12H2,1-4H3. The molecule has 1 aromatic heterocycles. The van der Waals surface area contributed by atoms with Crippen molar-refractivity contribution in [2.75, 3.05) is 17.1 Å². The largest absolute Gasteiger partial charge is 0.458 e. The van der Waals surface area contributed by atoms with Crippen molar-refractivity contribution < 1.29 is 22.4 Å². The third-order valence-electron chi connectivity index (χ3n) is 4.11. The summed E-state index contributed by atoms with van der Waals surface area (Å²) in [5.41, 5.74) is 2.14. The van der Waals surface area contributed by atoms with Gasteiger partial charge in [-0.2, -0.15) is 0 Å². The molecule has 1 heterocycles. The molecule has 6 nitrogen and oxygen atoms in total. The van der Waals surface area contributed by atoms with Crippen molar-refractivity contribution in [3.63, 3.8) is 0 Å². The average molecular weight is 414 g/mol. The van der Waals surface area contributed by atoms with Crippen LogP contribution in [0.5, 0.6) is 0 Å². The van der Waals surface area contributed by atoms with Gasteiger partial charge >= 0.3 is 5.97 Å². The third kappa shape index (κ3) is 5.26. The van der Waals surface area contributed by atoms with Gasteiger partial charge in [-0.25, -0.2) is 12.7 Å². The van der Waals surface area contributed by atoms with Crippen molar-refractivity contribution in [2.24, 2.45) is 0 Å². The Hall–Kier alpha value is -1.99. The van der Waals surface area contributed by atoms with E-state index >= 15 is 0 Å². The quantitative estimate of drug-likeness (QED) is 0.594. The number of nitrogens with zero attached hydrogens (tertiary/aromatic N) is 1. The van der Waals surface area contributed by atoms with E-state index in [4.69, 9.17) is 20.8 Å². The summed E-state index contributed by atoms with van der Waals surface area (Å²) in [6.07, 6.45) is 2.67. The lowest BCUT2D eigenvalue weighted by atomic mass is 10.0. The van der Waals surface area contributed by atoms with Crippen LogP contribution >= 0.6 is 11.6 Å². The fraction of sp³-hybridized carbons (Fsp3) is 0.421. The maximum Gasteiger partial charge on any atom is 0.303 e. The van der Waals surface area contributed by atoms with E-state index in [-0.39, 0.29) is 12.5 Å². The Labute approximate surface area is 165 Å². The molecule has 27 heavy (non-hydrogen) atoms. The summed E-state index contributed by atoms with van der Waals surface area (Å²) in [5.74, 6) is 0.203. The van der Waals surface area contributed by atoms with Gasteiger partial charge < -0.3 is 9.15 Å². The number of benzene rings is 1. The first kappa shape index (κ1) is 21.3. The number of ether oxygens (including phenoxy) is 1. The van der Waals surface area contributed by atoms with E-state index in [1.165, 1.54) is 11.2 Å². The summed E-state index contributed by atoms with van der Waals surface area (Å²) in [6.45, 7) is 5.35. The third-order valence-corrected chi connectivity index (χ3v) is 5.51. The molecule has 1 aromatic carbocycles. The van der Waals surface area contributed by atoms with Gasteiger partial charge in [0.15, 0.2) is 0 Å². The summed E-state index contributed by atoms with van der Waals surface area (Å²) in [4.78, 5) is 11.2. The van der Waals surface area contributed by atoms with Crippen LogP contribution in [0.15, 0.2) is 28.7 Å². The van der Waals surface area contributed by atoms with Crippen LogP contribution in [0.1, 0.15) is 38.0 Å². The Balaban J connectivity index is 2.63. The Kier molecular flexibility index (Phi) is 6.95. The van der Waals surface area contributed by atoms with E-state index in [1.807, 2.05) is 13.8 Å². The van der Waals surface area contributed by atoms with Crippen LogP contribution in [0.3, 0.4) is 0 Å². The summed E-state index contributed by atoms with van der Waals surface area (Å²) >= 11 is 5.98. The number of rotatable bonds is 8. The topological polar surface area (TPSA) is 76.8 Å². The van der Waals surface area contributed by atoms with Crippen molar-refractivity contribution in [1.82, 2.24) is 0 Å². The highest BCUT2D eigenvalue weighted by molar-refractivity contribution is 7.92. The van der Waals surface area contributed by atoms with Gasteiger partial charge in [-0.05, 0) is 31.0 Å². The predicted octanol–water partition coefficient (Wildman–Crippen LogP) is 4.54. The molecule has 0 unspecified atom stereocenters. The van der Waals surface area contributed by atoms with E-state index in [0.717, 1.165) is 23.8 Å². The molecule has 0 aliphatic rings. The van der Waals surface area contributed by atoms with Gasteiger partial charge in [0, 0.05) is 29.6 Å². The van der Waals surface area contributed by atoms with E-state index in [2.05, 4.69) is 0 Å². The number of halogens is 1. The van der Waals surface area contributed by atoms with Gasteiger partial charge in [-0.3, -0.25) is 4.79 Å².